The Labute approximate surface area is 266 Å². The van der Waals surface area contributed by atoms with Crippen LogP contribution >= 0.6 is 0 Å². The summed E-state index contributed by atoms with van der Waals surface area (Å²) in [6.45, 7) is 8.73. The fraction of sp³-hybridized carbons (Fsp3) is 0.0714. The van der Waals surface area contributed by atoms with Crippen LogP contribution < -0.4 is 0 Å². The largest absolute Gasteiger partial charge is 0.261 e. The van der Waals surface area contributed by atoms with Crippen molar-refractivity contribution >= 4 is 18.4 Å². The molecule has 0 aliphatic carbocycles. The van der Waals surface area contributed by atoms with Gasteiger partial charge in [0.05, 0.1) is 6.54 Å². The van der Waals surface area contributed by atoms with Crippen LogP contribution in [0.4, 0.5) is 0 Å². The first-order valence-electron chi connectivity index (χ1n) is 15.2. The van der Waals surface area contributed by atoms with Gasteiger partial charge in [0.1, 0.15) is 0 Å². The molecule has 6 aromatic rings. The quantitative estimate of drug-likeness (QED) is 0.133. The van der Waals surface area contributed by atoms with E-state index in [1.807, 2.05) is 48.5 Å². The van der Waals surface area contributed by atoms with Crippen molar-refractivity contribution in [2.75, 3.05) is 0 Å². The van der Waals surface area contributed by atoms with E-state index in [4.69, 9.17) is 9.98 Å². The monoisotopic (exact) mass is 581 g/mol. The van der Waals surface area contributed by atoms with Crippen LogP contribution in [0.15, 0.2) is 167 Å². The van der Waals surface area contributed by atoms with E-state index in [0.29, 0.717) is 18.2 Å². The molecule has 0 aromatic heterocycles. The first-order valence-corrected chi connectivity index (χ1v) is 15.2. The number of nitrogens with zero attached hydrogens (tertiary/aromatic N) is 3. The van der Waals surface area contributed by atoms with Crippen LogP contribution in [0.5, 0.6) is 0 Å². The highest BCUT2D eigenvalue weighted by Gasteiger charge is 2.15. The molecule has 0 radical (unpaired) electrons. The van der Waals surface area contributed by atoms with Gasteiger partial charge in [-0.2, -0.15) is 0 Å². The SMILES string of the molecule is C=NC(=NC(=NCc1ccccc1)c1cccc(-c2cc(-c3ccccc3)cc(-c3ccccc3C)c2C)c1)c1ccccc1. The molecule has 3 heteroatoms. The van der Waals surface area contributed by atoms with Gasteiger partial charge in [0, 0.05) is 11.1 Å². The van der Waals surface area contributed by atoms with E-state index in [-0.39, 0.29) is 0 Å². The van der Waals surface area contributed by atoms with Crippen LogP contribution in [-0.4, -0.2) is 18.4 Å². The van der Waals surface area contributed by atoms with Crippen molar-refractivity contribution in [3.8, 4) is 33.4 Å². The van der Waals surface area contributed by atoms with Crippen LogP contribution in [0.2, 0.25) is 0 Å². The maximum atomic E-state index is 5.02. The highest BCUT2D eigenvalue weighted by molar-refractivity contribution is 6.13. The maximum Gasteiger partial charge on any atom is 0.161 e. The van der Waals surface area contributed by atoms with E-state index in [2.05, 4.69) is 129 Å². The first-order chi connectivity index (χ1) is 22.1. The Hall–Kier alpha value is -5.67. The Balaban J connectivity index is 1.51. The van der Waals surface area contributed by atoms with Crippen molar-refractivity contribution in [2.45, 2.75) is 20.4 Å². The fourth-order valence-corrected chi connectivity index (χ4v) is 5.61. The van der Waals surface area contributed by atoms with Crippen LogP contribution in [-0.2, 0) is 6.54 Å². The van der Waals surface area contributed by atoms with Crippen molar-refractivity contribution in [1.29, 1.82) is 0 Å². The van der Waals surface area contributed by atoms with Gasteiger partial charge in [0.25, 0.3) is 0 Å². The van der Waals surface area contributed by atoms with Gasteiger partial charge in [0.2, 0.25) is 0 Å². The van der Waals surface area contributed by atoms with Gasteiger partial charge in [0.15, 0.2) is 11.7 Å². The Kier molecular flexibility index (Phi) is 8.98. The number of benzene rings is 6. The third-order valence-electron chi connectivity index (χ3n) is 8.03. The predicted molar refractivity (Wildman–Crippen MR) is 191 cm³/mol. The Bertz CT molecular complexity index is 1990. The van der Waals surface area contributed by atoms with Gasteiger partial charge in [-0.1, -0.05) is 133 Å². The summed E-state index contributed by atoms with van der Waals surface area (Å²) in [6.07, 6.45) is 0. The summed E-state index contributed by atoms with van der Waals surface area (Å²) < 4.78 is 0. The van der Waals surface area contributed by atoms with Crippen LogP contribution in [0.25, 0.3) is 33.4 Å². The average molecular weight is 582 g/mol. The number of aliphatic imine (C=N–C) groups is 3. The molecule has 0 heterocycles. The van der Waals surface area contributed by atoms with E-state index < -0.39 is 0 Å². The van der Waals surface area contributed by atoms with Gasteiger partial charge >= 0.3 is 0 Å². The molecule has 0 saturated carbocycles. The highest BCUT2D eigenvalue weighted by Crippen LogP contribution is 2.38. The summed E-state index contributed by atoms with van der Waals surface area (Å²) in [5.74, 6) is 1.15. The van der Waals surface area contributed by atoms with Gasteiger partial charge < -0.3 is 0 Å². The molecule has 6 aromatic carbocycles. The van der Waals surface area contributed by atoms with E-state index in [0.717, 1.165) is 22.3 Å². The third-order valence-corrected chi connectivity index (χ3v) is 8.03. The van der Waals surface area contributed by atoms with Gasteiger partial charge in [-0.3, -0.25) is 4.99 Å². The number of rotatable bonds is 7. The van der Waals surface area contributed by atoms with Crippen molar-refractivity contribution in [1.82, 2.24) is 0 Å². The zero-order chi connectivity index (χ0) is 31.0. The molecule has 3 nitrogen and oxygen atoms in total. The Morgan fingerprint density at radius 2 is 1.11 bits per heavy atom. The normalized spacial score (nSPS) is 11.8. The minimum atomic E-state index is 0.503. The molecule has 218 valence electrons. The lowest BCUT2D eigenvalue weighted by Crippen LogP contribution is -2.06. The lowest BCUT2D eigenvalue weighted by molar-refractivity contribution is 1.06. The zero-order valence-corrected chi connectivity index (χ0v) is 25.7. The second-order valence-electron chi connectivity index (χ2n) is 11.0. The maximum absolute atomic E-state index is 5.02. The first kappa shape index (κ1) is 29.4. The number of amidine groups is 2. The zero-order valence-electron chi connectivity index (χ0n) is 25.7. The predicted octanol–water partition coefficient (Wildman–Crippen LogP) is 10.4. The van der Waals surface area contributed by atoms with E-state index in [1.165, 1.54) is 38.9 Å². The molecule has 0 aliphatic rings. The molecular formula is C42H35N3. The van der Waals surface area contributed by atoms with Crippen molar-refractivity contribution in [3.63, 3.8) is 0 Å². The molecule has 0 atom stereocenters. The average Bonchev–Trinajstić information content (AvgIpc) is 3.10. The molecule has 0 bridgehead atoms. The Morgan fingerprint density at radius 1 is 0.511 bits per heavy atom. The number of aryl methyl sites for hydroxylation is 1. The summed E-state index contributed by atoms with van der Waals surface area (Å²) in [6, 6.07) is 52.5. The molecule has 45 heavy (non-hydrogen) atoms. The fourth-order valence-electron chi connectivity index (χ4n) is 5.61. The highest BCUT2D eigenvalue weighted by atomic mass is 15.0. The number of hydrogen-bond acceptors (Lipinski definition) is 1. The van der Waals surface area contributed by atoms with E-state index >= 15 is 0 Å². The van der Waals surface area contributed by atoms with Gasteiger partial charge in [-0.25, -0.2) is 9.98 Å². The Morgan fingerprint density at radius 3 is 1.82 bits per heavy atom. The molecule has 0 saturated heterocycles. The molecule has 0 fully saturated rings. The van der Waals surface area contributed by atoms with Gasteiger partial charge in [-0.05, 0) is 88.8 Å². The minimum Gasteiger partial charge on any atom is -0.261 e. The van der Waals surface area contributed by atoms with Crippen molar-refractivity contribution in [2.24, 2.45) is 15.0 Å². The van der Waals surface area contributed by atoms with Crippen LogP contribution in [0.3, 0.4) is 0 Å². The standard InChI is InChI=1S/C42H35N3/c1-30-16-13-14-25-38(30)40-28-37(33-19-9-5-10-20-33)27-39(31(40)2)35-23-15-24-36(26-35)42(44-29-32-17-7-4-8-18-32)45-41(43-3)34-21-11-6-12-22-34/h4-28H,3,29H2,1-2H3. The lowest BCUT2D eigenvalue weighted by atomic mass is 9.87. The summed E-state index contributed by atoms with van der Waals surface area (Å²) in [5, 5.41) is 0. The summed E-state index contributed by atoms with van der Waals surface area (Å²) in [4.78, 5) is 14.3. The van der Waals surface area contributed by atoms with Crippen LogP contribution in [0.1, 0.15) is 27.8 Å². The topological polar surface area (TPSA) is 37.1 Å². The molecule has 0 unspecified atom stereocenters. The van der Waals surface area contributed by atoms with Gasteiger partial charge in [-0.15, -0.1) is 0 Å². The molecule has 0 aliphatic heterocycles. The number of hydrogen-bond donors (Lipinski definition) is 0. The molecule has 0 amide bonds. The second-order valence-corrected chi connectivity index (χ2v) is 11.0. The van der Waals surface area contributed by atoms with E-state index in [1.54, 1.807) is 0 Å². The molecule has 6 rings (SSSR count). The molecule has 0 N–H and O–H groups in total. The molecular weight excluding hydrogens is 546 g/mol. The summed E-state index contributed by atoms with van der Waals surface area (Å²) >= 11 is 0. The third kappa shape index (κ3) is 6.79. The smallest absolute Gasteiger partial charge is 0.161 e. The van der Waals surface area contributed by atoms with E-state index in [9.17, 15) is 0 Å². The molecule has 0 spiro atoms. The van der Waals surface area contributed by atoms with Crippen molar-refractivity contribution < 1.29 is 0 Å². The van der Waals surface area contributed by atoms with Crippen molar-refractivity contribution in [3.05, 3.63) is 179 Å². The summed E-state index contributed by atoms with van der Waals surface area (Å²) in [5.41, 5.74) is 12.5. The van der Waals surface area contributed by atoms with Crippen LogP contribution in [0, 0.1) is 13.8 Å². The second kappa shape index (κ2) is 13.7. The summed E-state index contributed by atoms with van der Waals surface area (Å²) in [7, 11) is 0. The lowest BCUT2D eigenvalue weighted by Gasteiger charge is -2.17. The minimum absolute atomic E-state index is 0.503.